The molecule has 4 heteroatoms. The van der Waals surface area contributed by atoms with Crippen molar-refractivity contribution in [1.82, 2.24) is 10.7 Å². The van der Waals surface area contributed by atoms with Crippen molar-refractivity contribution in [2.45, 2.75) is 59.0 Å². The first kappa shape index (κ1) is 13.2. The molecule has 1 unspecified atom stereocenters. The zero-order valence-electron chi connectivity index (χ0n) is 9.80. The van der Waals surface area contributed by atoms with Gasteiger partial charge in [-0.15, -0.1) is 0 Å². The highest BCUT2D eigenvalue weighted by Gasteiger charge is 2.05. The molecule has 0 aliphatic carbocycles. The molecule has 0 bridgehead atoms. The third kappa shape index (κ3) is 5.80. The zero-order chi connectivity index (χ0) is 11.0. The standard InChI is InChI=1S/C10H24N4/c1-5-7-9(6-2)13-10(14-11)12-8(3)4/h8-9H,5-7,11H2,1-4H3,(H2,12,13,14). The van der Waals surface area contributed by atoms with Gasteiger partial charge in [-0.3, -0.25) is 5.43 Å². The van der Waals surface area contributed by atoms with Crippen LogP contribution >= 0.6 is 0 Å². The van der Waals surface area contributed by atoms with Crippen molar-refractivity contribution in [3.63, 3.8) is 0 Å². The van der Waals surface area contributed by atoms with Crippen LogP contribution in [-0.4, -0.2) is 18.0 Å². The SMILES string of the molecule is CCCC(CC)N=C(NN)NC(C)C. The Morgan fingerprint density at radius 3 is 2.36 bits per heavy atom. The number of hydrazine groups is 1. The maximum Gasteiger partial charge on any atom is 0.206 e. The molecule has 14 heavy (non-hydrogen) atoms. The Balaban J connectivity index is 4.22. The van der Waals surface area contributed by atoms with Gasteiger partial charge in [-0.05, 0) is 26.7 Å². The minimum Gasteiger partial charge on any atom is -0.353 e. The topological polar surface area (TPSA) is 62.4 Å². The van der Waals surface area contributed by atoms with Gasteiger partial charge in [-0.25, -0.2) is 10.8 Å². The molecule has 0 aliphatic heterocycles. The first-order chi connectivity index (χ1) is 6.63. The zero-order valence-corrected chi connectivity index (χ0v) is 9.80. The number of aliphatic imine (C=N–C) groups is 1. The lowest BCUT2D eigenvalue weighted by molar-refractivity contribution is 0.577. The average molecular weight is 200 g/mol. The predicted molar refractivity (Wildman–Crippen MR) is 62.0 cm³/mol. The number of rotatable bonds is 5. The van der Waals surface area contributed by atoms with Gasteiger partial charge in [0, 0.05) is 6.04 Å². The lowest BCUT2D eigenvalue weighted by Gasteiger charge is -2.15. The fourth-order valence-electron chi connectivity index (χ4n) is 1.27. The Morgan fingerprint density at radius 2 is 2.00 bits per heavy atom. The predicted octanol–water partition coefficient (Wildman–Crippen LogP) is 1.38. The van der Waals surface area contributed by atoms with Gasteiger partial charge in [-0.1, -0.05) is 20.3 Å². The smallest absolute Gasteiger partial charge is 0.206 e. The summed E-state index contributed by atoms with van der Waals surface area (Å²) in [5, 5.41) is 3.17. The summed E-state index contributed by atoms with van der Waals surface area (Å²) < 4.78 is 0. The van der Waals surface area contributed by atoms with E-state index < -0.39 is 0 Å². The van der Waals surface area contributed by atoms with Crippen LogP contribution in [0.2, 0.25) is 0 Å². The Morgan fingerprint density at radius 1 is 1.36 bits per heavy atom. The summed E-state index contributed by atoms with van der Waals surface area (Å²) in [5.74, 6) is 6.07. The molecule has 0 amide bonds. The fourth-order valence-corrected chi connectivity index (χ4v) is 1.27. The van der Waals surface area contributed by atoms with E-state index in [1.807, 2.05) is 0 Å². The van der Waals surface area contributed by atoms with Crippen molar-refractivity contribution in [2.24, 2.45) is 10.8 Å². The van der Waals surface area contributed by atoms with Crippen LogP contribution in [0, 0.1) is 0 Å². The first-order valence-electron chi connectivity index (χ1n) is 5.44. The fraction of sp³-hybridized carbons (Fsp3) is 0.900. The minimum absolute atomic E-state index is 0.351. The monoisotopic (exact) mass is 200 g/mol. The van der Waals surface area contributed by atoms with Gasteiger partial charge in [-0.2, -0.15) is 0 Å². The van der Waals surface area contributed by atoms with Gasteiger partial charge < -0.3 is 5.32 Å². The van der Waals surface area contributed by atoms with Gasteiger partial charge in [0.05, 0.1) is 6.04 Å². The van der Waals surface area contributed by atoms with Crippen molar-refractivity contribution in [3.8, 4) is 0 Å². The molecule has 4 N–H and O–H groups in total. The van der Waals surface area contributed by atoms with Crippen molar-refractivity contribution in [2.75, 3.05) is 0 Å². The largest absolute Gasteiger partial charge is 0.353 e. The van der Waals surface area contributed by atoms with E-state index in [1.165, 1.54) is 0 Å². The van der Waals surface area contributed by atoms with Crippen molar-refractivity contribution in [1.29, 1.82) is 0 Å². The molecule has 0 aromatic carbocycles. The van der Waals surface area contributed by atoms with E-state index in [4.69, 9.17) is 5.84 Å². The third-order valence-electron chi connectivity index (χ3n) is 1.97. The summed E-state index contributed by atoms with van der Waals surface area (Å²) in [6.07, 6.45) is 3.32. The maximum atomic E-state index is 5.38. The van der Waals surface area contributed by atoms with Crippen LogP contribution in [0.1, 0.15) is 47.0 Å². The molecule has 0 heterocycles. The van der Waals surface area contributed by atoms with Crippen LogP contribution in [0.4, 0.5) is 0 Å². The van der Waals surface area contributed by atoms with Gasteiger partial charge in [0.1, 0.15) is 0 Å². The number of nitrogens with two attached hydrogens (primary N) is 1. The highest BCUT2D eigenvalue weighted by Crippen LogP contribution is 2.05. The Kier molecular flexibility index (Phi) is 7.20. The van der Waals surface area contributed by atoms with Crippen LogP contribution in [0.5, 0.6) is 0 Å². The van der Waals surface area contributed by atoms with Crippen LogP contribution in [-0.2, 0) is 0 Å². The number of hydrogen-bond donors (Lipinski definition) is 3. The Hall–Kier alpha value is -0.770. The second-order valence-corrected chi connectivity index (χ2v) is 3.77. The summed E-state index contributed by atoms with van der Waals surface area (Å²) in [6, 6.07) is 0.723. The van der Waals surface area contributed by atoms with E-state index in [2.05, 4.69) is 43.4 Å². The van der Waals surface area contributed by atoms with E-state index in [0.717, 1.165) is 19.3 Å². The minimum atomic E-state index is 0.351. The van der Waals surface area contributed by atoms with Crippen molar-refractivity contribution in [3.05, 3.63) is 0 Å². The Bertz CT molecular complexity index is 166. The van der Waals surface area contributed by atoms with E-state index >= 15 is 0 Å². The van der Waals surface area contributed by atoms with Crippen molar-refractivity contribution >= 4 is 5.96 Å². The lowest BCUT2D eigenvalue weighted by atomic mass is 10.1. The first-order valence-corrected chi connectivity index (χ1v) is 5.44. The molecule has 0 fully saturated rings. The third-order valence-corrected chi connectivity index (χ3v) is 1.97. The summed E-state index contributed by atoms with van der Waals surface area (Å²) in [7, 11) is 0. The number of hydrogen-bond acceptors (Lipinski definition) is 2. The second kappa shape index (κ2) is 7.62. The molecular weight excluding hydrogens is 176 g/mol. The lowest BCUT2D eigenvalue weighted by Crippen LogP contribution is -2.45. The Labute approximate surface area is 87.3 Å². The van der Waals surface area contributed by atoms with Gasteiger partial charge >= 0.3 is 0 Å². The molecule has 0 radical (unpaired) electrons. The van der Waals surface area contributed by atoms with Crippen molar-refractivity contribution < 1.29 is 0 Å². The molecular formula is C10H24N4. The van der Waals surface area contributed by atoms with E-state index in [-0.39, 0.29) is 0 Å². The number of nitrogens with one attached hydrogen (secondary N) is 2. The van der Waals surface area contributed by atoms with Gasteiger partial charge in [0.25, 0.3) is 0 Å². The summed E-state index contributed by atoms with van der Waals surface area (Å²) >= 11 is 0. The molecule has 1 atom stereocenters. The maximum absolute atomic E-state index is 5.38. The second-order valence-electron chi connectivity index (χ2n) is 3.77. The van der Waals surface area contributed by atoms with Crippen LogP contribution in [0.3, 0.4) is 0 Å². The highest BCUT2D eigenvalue weighted by atomic mass is 15.3. The van der Waals surface area contributed by atoms with Gasteiger partial charge in [0.2, 0.25) is 5.96 Å². The van der Waals surface area contributed by atoms with E-state index in [0.29, 0.717) is 18.0 Å². The molecule has 84 valence electrons. The molecule has 0 rings (SSSR count). The summed E-state index contributed by atoms with van der Waals surface area (Å²) in [4.78, 5) is 4.51. The van der Waals surface area contributed by atoms with Gasteiger partial charge in [0.15, 0.2) is 0 Å². The number of guanidine groups is 1. The highest BCUT2D eigenvalue weighted by molar-refractivity contribution is 5.79. The van der Waals surface area contributed by atoms with E-state index in [9.17, 15) is 0 Å². The summed E-state index contributed by atoms with van der Waals surface area (Å²) in [5.41, 5.74) is 2.60. The molecule has 4 nitrogen and oxygen atoms in total. The van der Waals surface area contributed by atoms with Crippen LogP contribution < -0.4 is 16.6 Å². The molecule has 0 saturated heterocycles. The molecule has 0 aliphatic rings. The molecule has 0 spiro atoms. The molecule has 0 aromatic heterocycles. The summed E-state index contributed by atoms with van der Waals surface area (Å²) in [6.45, 7) is 8.44. The molecule has 0 aromatic rings. The average Bonchev–Trinajstić information content (AvgIpc) is 2.15. The normalized spacial score (nSPS) is 14.3. The van der Waals surface area contributed by atoms with Crippen LogP contribution in [0.25, 0.3) is 0 Å². The quantitative estimate of drug-likeness (QED) is 0.272. The molecule has 0 saturated carbocycles. The number of nitrogens with zero attached hydrogens (tertiary/aromatic N) is 1. The van der Waals surface area contributed by atoms with E-state index in [1.54, 1.807) is 0 Å². The van der Waals surface area contributed by atoms with Crippen LogP contribution in [0.15, 0.2) is 4.99 Å².